The first-order valence-electron chi connectivity index (χ1n) is 17.8. The third-order valence-corrected chi connectivity index (χ3v) is 10.2. The van der Waals surface area contributed by atoms with Gasteiger partial charge in [0.25, 0.3) is 0 Å². The van der Waals surface area contributed by atoms with Crippen LogP contribution in [0.5, 0.6) is 0 Å². The molecule has 0 fully saturated rings. The summed E-state index contributed by atoms with van der Waals surface area (Å²) in [5.74, 6) is 0. The summed E-state index contributed by atoms with van der Waals surface area (Å²) in [4.78, 5) is 26.3. The lowest BCUT2D eigenvalue weighted by Crippen LogP contribution is -1.92. The van der Waals surface area contributed by atoms with Crippen molar-refractivity contribution >= 4 is 32.3 Å². The molecule has 10 rings (SSSR count). The molecule has 0 aliphatic carbocycles. The number of fused-ring (bicyclic) bond motifs is 6. The van der Waals surface area contributed by atoms with E-state index in [1.807, 2.05) is 18.2 Å². The number of nitrogens with zero attached hydrogens (tertiary/aromatic N) is 6. The van der Waals surface area contributed by atoms with Crippen molar-refractivity contribution in [2.24, 2.45) is 0 Å². The van der Waals surface area contributed by atoms with Crippen LogP contribution in [-0.4, -0.2) is 29.9 Å². The van der Waals surface area contributed by atoms with Crippen LogP contribution in [0.2, 0.25) is 0 Å². The van der Waals surface area contributed by atoms with Gasteiger partial charge in [0.15, 0.2) is 0 Å². The van der Waals surface area contributed by atoms with Crippen molar-refractivity contribution < 1.29 is 0 Å². The predicted molar refractivity (Wildman–Crippen MR) is 218 cm³/mol. The lowest BCUT2D eigenvalue weighted by molar-refractivity contribution is 1.17. The van der Waals surface area contributed by atoms with E-state index in [2.05, 4.69) is 157 Å². The highest BCUT2D eigenvalue weighted by Gasteiger charge is 2.17. The quantitative estimate of drug-likeness (QED) is 0.162. The Hall–Kier alpha value is -7.44. The molecule has 0 N–H and O–H groups in total. The zero-order valence-corrected chi connectivity index (χ0v) is 29.0. The Labute approximate surface area is 311 Å². The Bertz CT molecular complexity index is 2630. The van der Waals surface area contributed by atoms with Gasteiger partial charge in [-0.15, -0.1) is 0 Å². The van der Waals surface area contributed by atoms with Crippen molar-refractivity contribution in [2.75, 3.05) is 0 Å². The average molecular weight is 691 g/mol. The van der Waals surface area contributed by atoms with E-state index in [9.17, 15) is 0 Å². The Balaban J connectivity index is 1.24. The Morgan fingerprint density at radius 2 is 0.556 bits per heavy atom. The van der Waals surface area contributed by atoms with Gasteiger partial charge in [-0.2, -0.15) is 0 Å². The van der Waals surface area contributed by atoms with E-state index in [4.69, 9.17) is 0 Å². The van der Waals surface area contributed by atoms with Crippen molar-refractivity contribution in [3.8, 4) is 67.2 Å². The van der Waals surface area contributed by atoms with Crippen LogP contribution in [0, 0.1) is 0 Å². The number of hydrogen-bond donors (Lipinski definition) is 0. The van der Waals surface area contributed by atoms with Gasteiger partial charge in [-0.05, 0) is 102 Å². The van der Waals surface area contributed by atoms with E-state index in [-0.39, 0.29) is 0 Å². The first-order chi connectivity index (χ1) is 26.8. The van der Waals surface area contributed by atoms with Crippen LogP contribution >= 0.6 is 0 Å². The second-order valence-corrected chi connectivity index (χ2v) is 13.2. The average Bonchev–Trinajstić information content (AvgIpc) is 3.27. The molecule has 3 aromatic heterocycles. The molecule has 0 amide bonds. The molecule has 0 unspecified atom stereocenters. The maximum atomic E-state index is 4.60. The number of rotatable bonds is 6. The Kier molecular flexibility index (Phi) is 7.69. The molecule has 0 aliphatic heterocycles. The Morgan fingerprint density at radius 3 is 0.833 bits per heavy atom. The van der Waals surface area contributed by atoms with Gasteiger partial charge in [-0.25, -0.2) is 29.9 Å². The number of hydrogen-bond acceptors (Lipinski definition) is 6. The van der Waals surface area contributed by atoms with E-state index in [0.717, 1.165) is 67.2 Å². The molecule has 3 heterocycles. The molecule has 0 spiro atoms. The lowest BCUT2D eigenvalue weighted by atomic mass is 9.87. The van der Waals surface area contributed by atoms with Gasteiger partial charge < -0.3 is 0 Å². The van der Waals surface area contributed by atoms with Crippen molar-refractivity contribution in [1.29, 1.82) is 0 Å². The second kappa shape index (κ2) is 13.3. The van der Waals surface area contributed by atoms with Gasteiger partial charge in [0, 0.05) is 35.3 Å². The summed E-state index contributed by atoms with van der Waals surface area (Å²) in [6.07, 6.45) is 10.2. The van der Waals surface area contributed by atoms with Crippen molar-refractivity contribution in [1.82, 2.24) is 29.9 Å². The van der Waals surface area contributed by atoms with E-state index in [1.165, 1.54) is 32.3 Å². The lowest BCUT2D eigenvalue weighted by Gasteiger charge is -2.17. The monoisotopic (exact) mass is 690 g/mol. The molecule has 6 nitrogen and oxygen atoms in total. The summed E-state index contributed by atoms with van der Waals surface area (Å²) in [6, 6.07) is 51.8. The SMILES string of the molecule is c1ccc(-c2ccncn2)c(-c2ccc3c(c2)c2ccc(-c4ccccc4-c4ccncn4)cc2c2ccc(-c4ccccc4-c4ccncn4)cc32)c1. The topological polar surface area (TPSA) is 77.3 Å². The highest BCUT2D eigenvalue weighted by molar-refractivity contribution is 6.27. The van der Waals surface area contributed by atoms with Crippen molar-refractivity contribution in [2.45, 2.75) is 0 Å². The fraction of sp³-hybridized carbons (Fsp3) is 0. The van der Waals surface area contributed by atoms with Gasteiger partial charge in [-0.3, -0.25) is 0 Å². The summed E-state index contributed by atoms with van der Waals surface area (Å²) in [5, 5.41) is 7.13. The molecular weight excluding hydrogens is 661 g/mol. The van der Waals surface area contributed by atoms with E-state index < -0.39 is 0 Å². The first-order valence-corrected chi connectivity index (χ1v) is 17.8. The predicted octanol–water partition coefficient (Wildman–Crippen LogP) is 11.5. The molecule has 10 aromatic rings. The minimum absolute atomic E-state index is 0.892. The summed E-state index contributed by atoms with van der Waals surface area (Å²) < 4.78 is 0. The third kappa shape index (κ3) is 5.45. The highest BCUT2D eigenvalue weighted by Crippen LogP contribution is 2.43. The van der Waals surface area contributed by atoms with Gasteiger partial charge >= 0.3 is 0 Å². The molecule has 0 atom stereocenters. The molecule has 0 saturated heterocycles. The number of benzene rings is 7. The van der Waals surface area contributed by atoms with Gasteiger partial charge in [0.2, 0.25) is 0 Å². The molecule has 252 valence electrons. The molecule has 6 heteroatoms. The fourth-order valence-corrected chi connectivity index (χ4v) is 7.73. The van der Waals surface area contributed by atoms with Gasteiger partial charge in [-0.1, -0.05) is 109 Å². The molecule has 0 bridgehead atoms. The van der Waals surface area contributed by atoms with Crippen molar-refractivity contribution in [3.05, 3.63) is 183 Å². The summed E-state index contributed by atoms with van der Waals surface area (Å²) in [7, 11) is 0. The second-order valence-electron chi connectivity index (χ2n) is 13.2. The van der Waals surface area contributed by atoms with E-state index >= 15 is 0 Å². The molecule has 0 aliphatic rings. The maximum absolute atomic E-state index is 4.60. The molecule has 0 radical (unpaired) electrons. The zero-order chi connectivity index (χ0) is 35.8. The minimum Gasteiger partial charge on any atom is -0.245 e. The van der Waals surface area contributed by atoms with Crippen LogP contribution in [-0.2, 0) is 0 Å². The van der Waals surface area contributed by atoms with Crippen LogP contribution in [0.25, 0.3) is 99.5 Å². The van der Waals surface area contributed by atoms with Crippen LogP contribution in [0.1, 0.15) is 0 Å². The maximum Gasteiger partial charge on any atom is 0.116 e. The molecule has 0 saturated carbocycles. The normalized spacial score (nSPS) is 11.3. The third-order valence-electron chi connectivity index (χ3n) is 10.2. The fourth-order valence-electron chi connectivity index (χ4n) is 7.73. The Morgan fingerprint density at radius 1 is 0.259 bits per heavy atom. The van der Waals surface area contributed by atoms with E-state index in [0.29, 0.717) is 0 Å². The van der Waals surface area contributed by atoms with Crippen molar-refractivity contribution in [3.63, 3.8) is 0 Å². The number of aromatic nitrogens is 6. The molecular formula is C48H30N6. The summed E-state index contributed by atoms with van der Waals surface area (Å²) in [6.45, 7) is 0. The van der Waals surface area contributed by atoms with Gasteiger partial charge in [0.1, 0.15) is 19.0 Å². The van der Waals surface area contributed by atoms with E-state index in [1.54, 1.807) is 37.6 Å². The van der Waals surface area contributed by atoms with Crippen LogP contribution in [0.15, 0.2) is 183 Å². The van der Waals surface area contributed by atoms with Crippen LogP contribution in [0.4, 0.5) is 0 Å². The zero-order valence-electron chi connectivity index (χ0n) is 29.0. The first kappa shape index (κ1) is 31.3. The standard InChI is InChI=1S/C48H30N6/c1-4-10-40(46-19-22-49-28-52-46)34(7-1)31-13-16-37-43(25-31)38-17-14-32(35-8-2-5-11-41(35)47-20-23-50-29-53-47)27-45(38)39-18-15-33(26-44(37)39)36-9-3-6-12-42(36)48-21-24-51-30-54-48/h1-30H. The minimum atomic E-state index is 0.892. The molecule has 54 heavy (non-hydrogen) atoms. The highest BCUT2D eigenvalue weighted by atomic mass is 14.8. The molecule has 7 aromatic carbocycles. The summed E-state index contributed by atoms with van der Waals surface area (Å²) >= 11 is 0. The summed E-state index contributed by atoms with van der Waals surface area (Å²) in [5.41, 5.74) is 12.6. The van der Waals surface area contributed by atoms with Crippen LogP contribution < -0.4 is 0 Å². The largest absolute Gasteiger partial charge is 0.245 e. The van der Waals surface area contributed by atoms with Gasteiger partial charge in [0.05, 0.1) is 17.1 Å². The smallest absolute Gasteiger partial charge is 0.116 e. The van der Waals surface area contributed by atoms with Crippen LogP contribution in [0.3, 0.4) is 0 Å².